The minimum absolute atomic E-state index is 0.252. The van der Waals surface area contributed by atoms with Gasteiger partial charge < -0.3 is 10.1 Å². The van der Waals surface area contributed by atoms with Crippen LogP contribution in [0.1, 0.15) is 10.4 Å². The van der Waals surface area contributed by atoms with Crippen LogP contribution in [0.15, 0.2) is 72.9 Å². The number of anilines is 1. The van der Waals surface area contributed by atoms with Gasteiger partial charge in [-0.05, 0) is 23.8 Å². The first-order chi connectivity index (χ1) is 11.3. The summed E-state index contributed by atoms with van der Waals surface area (Å²) in [6.07, 6.45) is 1.59. The van der Waals surface area contributed by atoms with Gasteiger partial charge in [0.2, 0.25) is 5.88 Å². The number of pyridine rings is 1. The number of nitrogens with one attached hydrogen (secondary N) is 1. The van der Waals surface area contributed by atoms with E-state index >= 15 is 0 Å². The maximum atomic E-state index is 12.5. The first kappa shape index (κ1) is 14.8. The van der Waals surface area contributed by atoms with Gasteiger partial charge in [-0.3, -0.25) is 4.79 Å². The highest BCUT2D eigenvalue weighted by Crippen LogP contribution is 2.28. The molecule has 0 aliphatic rings. The van der Waals surface area contributed by atoms with E-state index in [0.717, 1.165) is 16.8 Å². The molecule has 1 amide bonds. The molecule has 1 N–H and O–H groups in total. The molecule has 3 aromatic rings. The fraction of sp³-hybridized carbons (Fsp3) is 0.0526. The number of carbonyl (C=O) groups excluding carboxylic acids is 1. The van der Waals surface area contributed by atoms with Crippen LogP contribution in [0.2, 0.25) is 0 Å². The Bertz CT molecular complexity index is 816. The first-order valence-corrected chi connectivity index (χ1v) is 7.24. The third-order valence-electron chi connectivity index (χ3n) is 3.47. The molecule has 23 heavy (non-hydrogen) atoms. The molecule has 114 valence electrons. The molecule has 4 nitrogen and oxygen atoms in total. The predicted molar refractivity (Wildman–Crippen MR) is 90.6 cm³/mol. The van der Waals surface area contributed by atoms with E-state index in [1.165, 1.54) is 7.11 Å². The van der Waals surface area contributed by atoms with E-state index in [2.05, 4.69) is 10.3 Å². The van der Waals surface area contributed by atoms with E-state index in [1.807, 2.05) is 54.6 Å². The van der Waals surface area contributed by atoms with Gasteiger partial charge in [-0.2, -0.15) is 0 Å². The Kier molecular flexibility index (Phi) is 4.34. The molecule has 0 aliphatic heterocycles. The van der Waals surface area contributed by atoms with Crippen molar-refractivity contribution in [2.75, 3.05) is 12.4 Å². The van der Waals surface area contributed by atoms with Crippen LogP contribution < -0.4 is 10.1 Å². The molecular weight excluding hydrogens is 288 g/mol. The smallest absolute Gasteiger partial charge is 0.261 e. The predicted octanol–water partition coefficient (Wildman–Crippen LogP) is 4.01. The van der Waals surface area contributed by atoms with Crippen LogP contribution in [-0.4, -0.2) is 18.0 Å². The minimum Gasteiger partial charge on any atom is -0.480 e. The lowest BCUT2D eigenvalue weighted by Gasteiger charge is -2.12. The monoisotopic (exact) mass is 304 g/mol. The van der Waals surface area contributed by atoms with Crippen molar-refractivity contribution in [2.45, 2.75) is 0 Å². The molecule has 2 aromatic carbocycles. The van der Waals surface area contributed by atoms with Crippen LogP contribution in [0.4, 0.5) is 5.69 Å². The Morgan fingerprint density at radius 3 is 2.48 bits per heavy atom. The van der Waals surface area contributed by atoms with Crippen LogP contribution in [0.3, 0.4) is 0 Å². The summed E-state index contributed by atoms with van der Waals surface area (Å²) in [7, 11) is 1.50. The Morgan fingerprint density at radius 2 is 1.70 bits per heavy atom. The number of benzene rings is 2. The number of rotatable bonds is 4. The van der Waals surface area contributed by atoms with Crippen molar-refractivity contribution in [1.82, 2.24) is 4.98 Å². The zero-order valence-corrected chi connectivity index (χ0v) is 12.7. The summed E-state index contributed by atoms with van der Waals surface area (Å²) in [4.78, 5) is 16.6. The molecule has 4 heteroatoms. The Morgan fingerprint density at radius 1 is 0.957 bits per heavy atom. The summed E-state index contributed by atoms with van der Waals surface area (Å²) in [6, 6.07) is 21.0. The lowest BCUT2D eigenvalue weighted by atomic mass is 10.0. The lowest BCUT2D eigenvalue weighted by molar-refractivity contribution is 0.102. The van der Waals surface area contributed by atoms with Gasteiger partial charge in [0, 0.05) is 17.4 Å². The third kappa shape index (κ3) is 3.21. The Hall–Kier alpha value is -3.14. The zero-order valence-electron chi connectivity index (χ0n) is 12.7. The molecule has 0 aliphatic carbocycles. The van der Waals surface area contributed by atoms with Crippen molar-refractivity contribution in [2.24, 2.45) is 0 Å². The minimum atomic E-state index is -0.252. The number of nitrogens with zero attached hydrogens (tertiary/aromatic N) is 1. The second kappa shape index (κ2) is 6.75. The van der Waals surface area contributed by atoms with Gasteiger partial charge in [-0.25, -0.2) is 4.98 Å². The number of methoxy groups -OCH3 is 1. The van der Waals surface area contributed by atoms with E-state index in [-0.39, 0.29) is 5.91 Å². The largest absolute Gasteiger partial charge is 0.480 e. The van der Waals surface area contributed by atoms with Crippen molar-refractivity contribution >= 4 is 11.6 Å². The van der Waals surface area contributed by atoms with Gasteiger partial charge in [-0.1, -0.05) is 48.5 Å². The van der Waals surface area contributed by atoms with Crippen LogP contribution in [0.5, 0.6) is 5.88 Å². The molecule has 1 aromatic heterocycles. The van der Waals surface area contributed by atoms with E-state index < -0.39 is 0 Å². The van der Waals surface area contributed by atoms with Crippen molar-refractivity contribution < 1.29 is 9.53 Å². The molecule has 3 rings (SSSR count). The van der Waals surface area contributed by atoms with Crippen molar-refractivity contribution in [3.63, 3.8) is 0 Å². The summed E-state index contributed by atoms with van der Waals surface area (Å²) in [5.74, 6) is 0.0560. The SMILES string of the molecule is COc1ncccc1C(=O)Nc1ccccc1-c1ccccc1. The summed E-state index contributed by atoms with van der Waals surface area (Å²) >= 11 is 0. The number of hydrogen-bond acceptors (Lipinski definition) is 3. The van der Waals surface area contributed by atoms with Gasteiger partial charge in [0.1, 0.15) is 5.56 Å². The molecule has 1 heterocycles. The second-order valence-corrected chi connectivity index (χ2v) is 4.93. The zero-order chi connectivity index (χ0) is 16.1. The van der Waals surface area contributed by atoms with E-state index in [4.69, 9.17) is 4.74 Å². The highest BCUT2D eigenvalue weighted by molar-refractivity contribution is 6.07. The molecule has 0 saturated heterocycles. The van der Waals surface area contributed by atoms with Gasteiger partial charge >= 0.3 is 0 Å². The highest BCUT2D eigenvalue weighted by atomic mass is 16.5. The molecule has 0 atom stereocenters. The molecule has 0 unspecified atom stereocenters. The average Bonchev–Trinajstić information content (AvgIpc) is 2.63. The van der Waals surface area contributed by atoms with Crippen LogP contribution in [-0.2, 0) is 0 Å². The summed E-state index contributed by atoms with van der Waals surface area (Å²) in [5, 5.41) is 2.94. The van der Waals surface area contributed by atoms with Crippen LogP contribution >= 0.6 is 0 Å². The van der Waals surface area contributed by atoms with E-state index in [9.17, 15) is 4.79 Å². The fourth-order valence-electron chi connectivity index (χ4n) is 2.38. The summed E-state index contributed by atoms with van der Waals surface area (Å²) in [5.41, 5.74) is 3.15. The number of aromatic nitrogens is 1. The molecular formula is C19H16N2O2. The quantitative estimate of drug-likeness (QED) is 0.792. The number of amides is 1. The van der Waals surface area contributed by atoms with Crippen molar-refractivity contribution in [1.29, 1.82) is 0 Å². The first-order valence-electron chi connectivity index (χ1n) is 7.24. The number of ether oxygens (including phenoxy) is 1. The van der Waals surface area contributed by atoms with E-state index in [0.29, 0.717) is 11.4 Å². The van der Waals surface area contributed by atoms with Gasteiger partial charge in [0.25, 0.3) is 5.91 Å². The van der Waals surface area contributed by atoms with E-state index in [1.54, 1.807) is 18.3 Å². The maximum Gasteiger partial charge on any atom is 0.261 e. The van der Waals surface area contributed by atoms with Crippen molar-refractivity contribution in [3.05, 3.63) is 78.5 Å². The van der Waals surface area contributed by atoms with Gasteiger partial charge in [0.15, 0.2) is 0 Å². The Labute approximate surface area is 134 Å². The maximum absolute atomic E-state index is 12.5. The standard InChI is InChI=1S/C19H16N2O2/c1-23-19-16(11-7-13-20-19)18(22)21-17-12-6-5-10-15(17)14-8-3-2-4-9-14/h2-13H,1H3,(H,21,22). The molecule has 0 bridgehead atoms. The second-order valence-electron chi connectivity index (χ2n) is 4.93. The Balaban J connectivity index is 1.93. The molecule has 0 radical (unpaired) electrons. The summed E-state index contributed by atoms with van der Waals surface area (Å²) in [6.45, 7) is 0. The highest BCUT2D eigenvalue weighted by Gasteiger charge is 2.14. The molecule has 0 fully saturated rings. The normalized spacial score (nSPS) is 10.1. The van der Waals surface area contributed by atoms with Crippen LogP contribution in [0, 0.1) is 0 Å². The van der Waals surface area contributed by atoms with Gasteiger partial charge in [-0.15, -0.1) is 0 Å². The molecule has 0 saturated carbocycles. The average molecular weight is 304 g/mol. The topological polar surface area (TPSA) is 51.2 Å². The van der Waals surface area contributed by atoms with Crippen molar-refractivity contribution in [3.8, 4) is 17.0 Å². The van der Waals surface area contributed by atoms with Gasteiger partial charge in [0.05, 0.1) is 7.11 Å². The summed E-state index contributed by atoms with van der Waals surface area (Å²) < 4.78 is 5.15. The lowest BCUT2D eigenvalue weighted by Crippen LogP contribution is -2.14. The third-order valence-corrected chi connectivity index (χ3v) is 3.47. The number of carbonyl (C=O) groups is 1. The number of para-hydroxylation sites is 1. The molecule has 0 spiro atoms. The van der Waals surface area contributed by atoms with Crippen LogP contribution in [0.25, 0.3) is 11.1 Å². The fourth-order valence-corrected chi connectivity index (χ4v) is 2.38. The number of hydrogen-bond donors (Lipinski definition) is 1.